The van der Waals surface area contributed by atoms with E-state index < -0.39 is 5.60 Å². The Kier molecular flexibility index (Phi) is 4.88. The summed E-state index contributed by atoms with van der Waals surface area (Å²) in [5.74, 6) is 0.337. The van der Waals surface area contributed by atoms with Gasteiger partial charge in [0, 0.05) is 17.4 Å². The lowest BCUT2D eigenvalue weighted by atomic mass is 10.1. The summed E-state index contributed by atoms with van der Waals surface area (Å²) in [7, 11) is 0. The van der Waals surface area contributed by atoms with Crippen LogP contribution in [-0.4, -0.2) is 20.9 Å². The molecular formula is C18H17Cl2N3O2. The number of ether oxygens (including phenoxy) is 1. The van der Waals surface area contributed by atoms with Crippen molar-refractivity contribution in [3.8, 4) is 5.75 Å². The molecule has 0 fully saturated rings. The molecule has 7 heteroatoms. The highest BCUT2D eigenvalue weighted by Crippen LogP contribution is 2.21. The first-order chi connectivity index (χ1) is 11.8. The van der Waals surface area contributed by atoms with Crippen molar-refractivity contribution in [3.05, 3.63) is 64.5 Å². The van der Waals surface area contributed by atoms with Crippen LogP contribution in [0.4, 0.5) is 0 Å². The molecule has 0 radical (unpaired) electrons. The van der Waals surface area contributed by atoms with Crippen molar-refractivity contribution in [1.29, 1.82) is 0 Å². The summed E-state index contributed by atoms with van der Waals surface area (Å²) in [5.41, 5.74) is 0.472. The molecule has 2 heterocycles. The van der Waals surface area contributed by atoms with Gasteiger partial charge in [-0.2, -0.15) is 0 Å². The number of imidazole rings is 1. The highest BCUT2D eigenvalue weighted by molar-refractivity contribution is 6.30. The van der Waals surface area contributed by atoms with E-state index in [2.05, 4.69) is 10.3 Å². The molecule has 5 nitrogen and oxygen atoms in total. The molecule has 1 N–H and O–H groups in total. The fourth-order valence-corrected chi connectivity index (χ4v) is 2.62. The van der Waals surface area contributed by atoms with Crippen molar-refractivity contribution in [3.63, 3.8) is 0 Å². The van der Waals surface area contributed by atoms with E-state index in [1.54, 1.807) is 50.4 Å². The maximum Gasteiger partial charge on any atom is 0.263 e. The number of hydrogen-bond acceptors (Lipinski definition) is 3. The first kappa shape index (κ1) is 17.6. The van der Waals surface area contributed by atoms with E-state index in [4.69, 9.17) is 27.9 Å². The van der Waals surface area contributed by atoms with Gasteiger partial charge in [-0.1, -0.05) is 23.2 Å². The molecule has 0 bridgehead atoms. The zero-order valence-corrected chi connectivity index (χ0v) is 15.3. The summed E-state index contributed by atoms with van der Waals surface area (Å²) in [6, 6.07) is 10.5. The van der Waals surface area contributed by atoms with Gasteiger partial charge < -0.3 is 14.5 Å². The normalized spacial score (nSPS) is 11.5. The third-order valence-electron chi connectivity index (χ3n) is 3.63. The van der Waals surface area contributed by atoms with Gasteiger partial charge in [-0.05, 0) is 50.2 Å². The highest BCUT2D eigenvalue weighted by atomic mass is 35.5. The number of pyridine rings is 1. The lowest BCUT2D eigenvalue weighted by Crippen LogP contribution is -2.46. The highest BCUT2D eigenvalue weighted by Gasteiger charge is 2.29. The SMILES string of the molecule is CC(C)(Oc1ccc(Cl)cc1)C(=O)NCc1cn2cc(Cl)ccc2n1. The Balaban J connectivity index is 1.64. The number of fused-ring (bicyclic) bond motifs is 1. The number of amides is 1. The van der Waals surface area contributed by atoms with Crippen LogP contribution < -0.4 is 10.1 Å². The molecule has 0 atom stereocenters. The van der Waals surface area contributed by atoms with E-state index in [0.717, 1.165) is 11.3 Å². The average molecular weight is 378 g/mol. The number of hydrogen-bond donors (Lipinski definition) is 1. The number of halogens is 2. The largest absolute Gasteiger partial charge is 0.478 e. The smallest absolute Gasteiger partial charge is 0.263 e. The predicted molar refractivity (Wildman–Crippen MR) is 98.2 cm³/mol. The minimum atomic E-state index is -1.03. The summed E-state index contributed by atoms with van der Waals surface area (Å²) < 4.78 is 7.59. The third kappa shape index (κ3) is 4.24. The quantitative estimate of drug-likeness (QED) is 0.727. The third-order valence-corrected chi connectivity index (χ3v) is 4.10. The Bertz CT molecular complexity index is 904. The number of nitrogens with zero attached hydrogens (tertiary/aromatic N) is 2. The van der Waals surface area contributed by atoms with Crippen LogP contribution in [0.15, 0.2) is 48.8 Å². The van der Waals surface area contributed by atoms with Gasteiger partial charge in [-0.25, -0.2) is 4.98 Å². The van der Waals surface area contributed by atoms with E-state index in [1.807, 2.05) is 16.7 Å². The number of carbonyl (C=O) groups is 1. The second-order valence-corrected chi connectivity index (χ2v) is 6.97. The number of benzene rings is 1. The average Bonchev–Trinajstić information content (AvgIpc) is 2.96. The minimum Gasteiger partial charge on any atom is -0.478 e. The van der Waals surface area contributed by atoms with Gasteiger partial charge in [-0.3, -0.25) is 4.79 Å². The van der Waals surface area contributed by atoms with Crippen LogP contribution in [0, 0.1) is 0 Å². The molecule has 0 spiro atoms. The van der Waals surface area contributed by atoms with Crippen LogP contribution in [0.2, 0.25) is 10.0 Å². The van der Waals surface area contributed by atoms with Gasteiger partial charge in [0.25, 0.3) is 5.91 Å². The number of aromatic nitrogens is 2. The molecule has 0 unspecified atom stereocenters. The van der Waals surface area contributed by atoms with Crippen molar-refractivity contribution in [2.24, 2.45) is 0 Å². The molecule has 3 rings (SSSR count). The second kappa shape index (κ2) is 6.94. The minimum absolute atomic E-state index is 0.238. The van der Waals surface area contributed by atoms with E-state index in [0.29, 0.717) is 22.3 Å². The van der Waals surface area contributed by atoms with Gasteiger partial charge in [0.15, 0.2) is 5.60 Å². The maximum absolute atomic E-state index is 12.5. The summed E-state index contributed by atoms with van der Waals surface area (Å²) in [6.07, 6.45) is 3.59. The van der Waals surface area contributed by atoms with Gasteiger partial charge >= 0.3 is 0 Å². The molecule has 1 amide bonds. The van der Waals surface area contributed by atoms with Crippen molar-refractivity contribution < 1.29 is 9.53 Å². The van der Waals surface area contributed by atoms with Crippen LogP contribution in [0.3, 0.4) is 0 Å². The Morgan fingerprint density at radius 2 is 1.80 bits per heavy atom. The lowest BCUT2D eigenvalue weighted by molar-refractivity contribution is -0.134. The van der Waals surface area contributed by atoms with Crippen molar-refractivity contribution >= 4 is 34.8 Å². The fraction of sp³-hybridized carbons (Fsp3) is 0.222. The molecule has 0 saturated carbocycles. The molecule has 0 aliphatic rings. The molecule has 130 valence electrons. The molecule has 0 aliphatic carbocycles. The second-order valence-electron chi connectivity index (χ2n) is 6.09. The standard InChI is InChI=1S/C18H17Cl2N3O2/c1-18(2,25-15-6-3-12(19)4-7-15)17(24)21-9-14-11-23-10-13(20)5-8-16(23)22-14/h3-8,10-11H,9H2,1-2H3,(H,21,24). The zero-order chi connectivity index (χ0) is 18.0. The number of rotatable bonds is 5. The Morgan fingerprint density at radius 3 is 2.52 bits per heavy atom. The summed E-state index contributed by atoms with van der Waals surface area (Å²) in [6.45, 7) is 3.71. The van der Waals surface area contributed by atoms with E-state index in [-0.39, 0.29) is 5.91 Å². The molecule has 0 saturated heterocycles. The van der Waals surface area contributed by atoms with E-state index in [1.165, 1.54) is 0 Å². The van der Waals surface area contributed by atoms with E-state index >= 15 is 0 Å². The van der Waals surface area contributed by atoms with Crippen molar-refractivity contribution in [2.75, 3.05) is 0 Å². The molecular weight excluding hydrogens is 361 g/mol. The summed E-state index contributed by atoms with van der Waals surface area (Å²) in [4.78, 5) is 16.9. The maximum atomic E-state index is 12.5. The van der Waals surface area contributed by atoms with Gasteiger partial charge in [0.2, 0.25) is 0 Å². The van der Waals surface area contributed by atoms with Crippen LogP contribution in [0.1, 0.15) is 19.5 Å². The first-order valence-electron chi connectivity index (χ1n) is 7.69. The monoisotopic (exact) mass is 377 g/mol. The van der Waals surface area contributed by atoms with Crippen molar-refractivity contribution in [1.82, 2.24) is 14.7 Å². The molecule has 25 heavy (non-hydrogen) atoms. The Morgan fingerprint density at radius 1 is 1.12 bits per heavy atom. The van der Waals surface area contributed by atoms with Gasteiger partial charge in [-0.15, -0.1) is 0 Å². The van der Waals surface area contributed by atoms with Crippen molar-refractivity contribution in [2.45, 2.75) is 26.0 Å². The van der Waals surface area contributed by atoms with Crippen LogP contribution >= 0.6 is 23.2 Å². The lowest BCUT2D eigenvalue weighted by Gasteiger charge is -2.25. The predicted octanol–water partition coefficient (Wildman–Crippen LogP) is 4.11. The van der Waals surface area contributed by atoms with Gasteiger partial charge in [0.1, 0.15) is 11.4 Å². The molecule has 2 aromatic heterocycles. The Labute approximate surface area is 155 Å². The van der Waals surface area contributed by atoms with Gasteiger partial charge in [0.05, 0.1) is 17.3 Å². The zero-order valence-electron chi connectivity index (χ0n) is 13.8. The molecule has 3 aromatic rings. The van der Waals surface area contributed by atoms with Crippen LogP contribution in [0.25, 0.3) is 5.65 Å². The summed E-state index contributed by atoms with van der Waals surface area (Å²) >= 11 is 11.8. The van der Waals surface area contributed by atoms with Crippen LogP contribution in [-0.2, 0) is 11.3 Å². The molecule has 1 aromatic carbocycles. The first-order valence-corrected chi connectivity index (χ1v) is 8.45. The summed E-state index contributed by atoms with van der Waals surface area (Å²) in [5, 5.41) is 4.08. The van der Waals surface area contributed by atoms with Crippen LogP contribution in [0.5, 0.6) is 5.75 Å². The fourth-order valence-electron chi connectivity index (χ4n) is 2.33. The number of nitrogens with one attached hydrogen (secondary N) is 1. The number of carbonyl (C=O) groups excluding carboxylic acids is 1. The Hall–Kier alpha value is -2.24. The topological polar surface area (TPSA) is 55.6 Å². The molecule has 0 aliphatic heterocycles. The van der Waals surface area contributed by atoms with E-state index in [9.17, 15) is 4.79 Å².